The van der Waals surface area contributed by atoms with Gasteiger partial charge in [-0.2, -0.15) is 0 Å². The monoisotopic (exact) mass is 292 g/mol. The van der Waals surface area contributed by atoms with Crippen LogP contribution in [0, 0.1) is 10.1 Å². The van der Waals surface area contributed by atoms with Crippen molar-refractivity contribution in [2.75, 3.05) is 5.32 Å². The zero-order valence-corrected chi connectivity index (χ0v) is 12.6. The van der Waals surface area contributed by atoms with Crippen LogP contribution in [-0.4, -0.2) is 10.8 Å². The van der Waals surface area contributed by atoms with Gasteiger partial charge >= 0.3 is 0 Å². The molecule has 0 spiro atoms. The minimum atomic E-state index is -0.483. The van der Waals surface area contributed by atoms with E-state index in [0.29, 0.717) is 6.42 Å². The molecule has 1 N–H and O–H groups in total. The fraction of sp³-hybridized carbons (Fsp3) is 0.562. The molecular weight excluding hydrogens is 268 g/mol. The van der Waals surface area contributed by atoms with Gasteiger partial charge in [0.05, 0.1) is 4.92 Å². The summed E-state index contributed by atoms with van der Waals surface area (Å²) in [5.74, 6) is -0.155. The van der Waals surface area contributed by atoms with E-state index in [0.717, 1.165) is 19.3 Å². The number of rotatable bonds is 10. The summed E-state index contributed by atoms with van der Waals surface area (Å²) in [6.07, 6.45) is 8.43. The summed E-state index contributed by atoms with van der Waals surface area (Å²) in [5, 5.41) is 13.5. The molecule has 0 radical (unpaired) electrons. The highest BCUT2D eigenvalue weighted by Gasteiger charge is 2.14. The van der Waals surface area contributed by atoms with Gasteiger partial charge in [-0.25, -0.2) is 0 Å². The number of hydrogen-bond donors (Lipinski definition) is 1. The third-order valence-electron chi connectivity index (χ3n) is 3.38. The maximum Gasteiger partial charge on any atom is 0.292 e. The number of anilines is 1. The summed E-state index contributed by atoms with van der Waals surface area (Å²) in [6.45, 7) is 2.19. The first kappa shape index (κ1) is 17.1. The van der Waals surface area contributed by atoms with Gasteiger partial charge in [-0.05, 0) is 12.5 Å². The maximum absolute atomic E-state index is 11.8. The zero-order chi connectivity index (χ0) is 15.5. The molecule has 5 heteroatoms. The molecule has 5 nitrogen and oxygen atoms in total. The van der Waals surface area contributed by atoms with E-state index >= 15 is 0 Å². The number of nitro benzene ring substituents is 1. The van der Waals surface area contributed by atoms with Crippen LogP contribution in [0.15, 0.2) is 24.3 Å². The molecule has 0 unspecified atom stereocenters. The number of para-hydroxylation sites is 2. The Kier molecular flexibility index (Phi) is 8.09. The number of nitrogens with zero attached hydrogens (tertiary/aromatic N) is 1. The number of nitrogens with one attached hydrogen (secondary N) is 1. The number of unbranched alkanes of at least 4 members (excludes halogenated alkanes) is 6. The second kappa shape index (κ2) is 9.91. The summed E-state index contributed by atoms with van der Waals surface area (Å²) in [5.41, 5.74) is 0.209. The summed E-state index contributed by atoms with van der Waals surface area (Å²) in [6, 6.07) is 6.21. The van der Waals surface area contributed by atoms with Gasteiger partial charge in [0, 0.05) is 12.5 Å². The van der Waals surface area contributed by atoms with Crippen LogP contribution in [-0.2, 0) is 4.79 Å². The zero-order valence-electron chi connectivity index (χ0n) is 12.6. The fourth-order valence-corrected chi connectivity index (χ4v) is 2.19. The largest absolute Gasteiger partial charge is 0.320 e. The summed E-state index contributed by atoms with van der Waals surface area (Å²) >= 11 is 0. The highest BCUT2D eigenvalue weighted by atomic mass is 16.6. The molecule has 0 bridgehead atoms. The van der Waals surface area contributed by atoms with E-state index in [2.05, 4.69) is 12.2 Å². The lowest BCUT2D eigenvalue weighted by Crippen LogP contribution is -2.12. The molecule has 0 aliphatic carbocycles. The van der Waals surface area contributed by atoms with Crippen molar-refractivity contribution >= 4 is 17.3 Å². The lowest BCUT2D eigenvalue weighted by Gasteiger charge is -2.05. The lowest BCUT2D eigenvalue weighted by atomic mass is 10.1. The van der Waals surface area contributed by atoms with Crippen molar-refractivity contribution in [2.45, 2.75) is 58.3 Å². The third kappa shape index (κ3) is 6.88. The Balaban J connectivity index is 2.27. The van der Waals surface area contributed by atoms with Crippen molar-refractivity contribution < 1.29 is 9.72 Å². The van der Waals surface area contributed by atoms with Crippen molar-refractivity contribution in [1.82, 2.24) is 0 Å². The van der Waals surface area contributed by atoms with Crippen LogP contribution in [0.3, 0.4) is 0 Å². The Morgan fingerprint density at radius 3 is 2.38 bits per heavy atom. The number of nitro groups is 1. The average Bonchev–Trinajstić information content (AvgIpc) is 2.46. The fourth-order valence-electron chi connectivity index (χ4n) is 2.19. The van der Waals surface area contributed by atoms with Crippen LogP contribution in [0.25, 0.3) is 0 Å². The third-order valence-corrected chi connectivity index (χ3v) is 3.38. The van der Waals surface area contributed by atoms with Gasteiger partial charge in [0.25, 0.3) is 5.69 Å². The number of hydrogen-bond acceptors (Lipinski definition) is 3. The molecule has 0 saturated heterocycles. The van der Waals surface area contributed by atoms with Crippen LogP contribution >= 0.6 is 0 Å². The lowest BCUT2D eigenvalue weighted by molar-refractivity contribution is -0.383. The van der Waals surface area contributed by atoms with Gasteiger partial charge in [0.1, 0.15) is 5.69 Å². The van der Waals surface area contributed by atoms with E-state index in [1.807, 2.05) is 0 Å². The molecule has 21 heavy (non-hydrogen) atoms. The Morgan fingerprint density at radius 1 is 1.10 bits per heavy atom. The maximum atomic E-state index is 11.8. The molecule has 0 aliphatic heterocycles. The molecule has 0 fully saturated rings. The first-order chi connectivity index (χ1) is 10.1. The molecule has 0 heterocycles. The van der Waals surface area contributed by atoms with Crippen molar-refractivity contribution in [3.05, 3.63) is 34.4 Å². The molecule has 0 aliphatic rings. The quantitative estimate of drug-likeness (QED) is 0.387. The minimum Gasteiger partial charge on any atom is -0.320 e. The Morgan fingerprint density at radius 2 is 1.71 bits per heavy atom. The molecular formula is C16H24N2O3. The molecule has 1 rings (SSSR count). The van der Waals surface area contributed by atoms with Crippen molar-refractivity contribution in [3.63, 3.8) is 0 Å². The van der Waals surface area contributed by atoms with E-state index < -0.39 is 4.92 Å². The molecule has 1 amide bonds. The molecule has 0 atom stereocenters. The van der Waals surface area contributed by atoms with Gasteiger partial charge < -0.3 is 5.32 Å². The predicted molar refractivity (Wildman–Crippen MR) is 84.3 cm³/mol. The van der Waals surface area contributed by atoms with Crippen LogP contribution in [0.1, 0.15) is 58.3 Å². The first-order valence-electron chi connectivity index (χ1n) is 7.68. The second-order valence-corrected chi connectivity index (χ2v) is 5.19. The summed E-state index contributed by atoms with van der Waals surface area (Å²) in [7, 11) is 0. The summed E-state index contributed by atoms with van der Waals surface area (Å²) in [4.78, 5) is 22.1. The smallest absolute Gasteiger partial charge is 0.292 e. The van der Waals surface area contributed by atoms with Crippen molar-refractivity contribution in [3.8, 4) is 0 Å². The van der Waals surface area contributed by atoms with E-state index in [1.165, 1.54) is 31.7 Å². The van der Waals surface area contributed by atoms with Gasteiger partial charge in [-0.1, -0.05) is 57.6 Å². The number of amides is 1. The normalized spacial score (nSPS) is 10.3. The Hall–Kier alpha value is -1.91. The van der Waals surface area contributed by atoms with Crippen molar-refractivity contribution in [2.24, 2.45) is 0 Å². The number of benzene rings is 1. The van der Waals surface area contributed by atoms with Gasteiger partial charge in [0.2, 0.25) is 5.91 Å². The van der Waals surface area contributed by atoms with Gasteiger partial charge in [0.15, 0.2) is 0 Å². The minimum absolute atomic E-state index is 0.0644. The molecule has 1 aromatic carbocycles. The van der Waals surface area contributed by atoms with E-state index in [9.17, 15) is 14.9 Å². The van der Waals surface area contributed by atoms with Gasteiger partial charge in [-0.15, -0.1) is 0 Å². The van der Waals surface area contributed by atoms with Crippen LogP contribution in [0.5, 0.6) is 0 Å². The van der Waals surface area contributed by atoms with Crippen LogP contribution in [0.2, 0.25) is 0 Å². The molecule has 0 saturated carbocycles. The van der Waals surface area contributed by atoms with Gasteiger partial charge in [-0.3, -0.25) is 14.9 Å². The van der Waals surface area contributed by atoms with E-state index in [4.69, 9.17) is 0 Å². The Labute approximate surface area is 125 Å². The summed E-state index contributed by atoms with van der Waals surface area (Å²) < 4.78 is 0. The highest BCUT2D eigenvalue weighted by Crippen LogP contribution is 2.23. The topological polar surface area (TPSA) is 72.2 Å². The predicted octanol–water partition coefficient (Wildman–Crippen LogP) is 4.67. The SMILES string of the molecule is CCCCCCCCCC(=O)Nc1ccccc1[N+](=O)[O-]. The molecule has 0 aromatic heterocycles. The standard InChI is InChI=1S/C16H24N2O3/c1-2-3-4-5-6-7-8-13-16(19)17-14-11-9-10-12-15(14)18(20)21/h9-12H,2-8,13H2,1H3,(H,17,19). The molecule has 1 aromatic rings. The number of carbonyl (C=O) groups is 1. The molecule has 116 valence electrons. The Bertz CT molecular complexity index is 461. The van der Waals surface area contributed by atoms with E-state index in [-0.39, 0.29) is 17.3 Å². The average molecular weight is 292 g/mol. The van der Waals surface area contributed by atoms with Crippen LogP contribution < -0.4 is 5.32 Å². The number of carbonyl (C=O) groups excluding carboxylic acids is 1. The first-order valence-corrected chi connectivity index (χ1v) is 7.68. The second-order valence-electron chi connectivity index (χ2n) is 5.19. The van der Waals surface area contributed by atoms with Crippen LogP contribution in [0.4, 0.5) is 11.4 Å². The highest BCUT2D eigenvalue weighted by molar-refractivity contribution is 5.92. The van der Waals surface area contributed by atoms with E-state index in [1.54, 1.807) is 18.2 Å². The van der Waals surface area contributed by atoms with Crippen molar-refractivity contribution in [1.29, 1.82) is 0 Å².